The lowest BCUT2D eigenvalue weighted by molar-refractivity contribution is -0.134. The van der Waals surface area contributed by atoms with E-state index in [1.807, 2.05) is 18.0 Å². The van der Waals surface area contributed by atoms with E-state index in [2.05, 4.69) is 21.2 Å². The molecular weight excluding hydrogens is 368 g/mol. The third-order valence-corrected chi connectivity index (χ3v) is 5.42. The van der Waals surface area contributed by atoms with Gasteiger partial charge in [-0.3, -0.25) is 4.79 Å². The molecule has 4 nitrogen and oxygen atoms in total. The quantitative estimate of drug-likeness (QED) is 0.862. The van der Waals surface area contributed by atoms with Gasteiger partial charge in [0.1, 0.15) is 5.75 Å². The summed E-state index contributed by atoms with van der Waals surface area (Å²) in [5, 5.41) is 4.10. The molecule has 1 N–H and O–H groups in total. The molecule has 0 aromatic heterocycles. The van der Waals surface area contributed by atoms with E-state index >= 15 is 0 Å². The van der Waals surface area contributed by atoms with Gasteiger partial charge in [-0.15, -0.1) is 0 Å². The summed E-state index contributed by atoms with van der Waals surface area (Å²) in [7, 11) is 1.88. The number of ether oxygens (including phenoxy) is 1. The van der Waals surface area contributed by atoms with E-state index < -0.39 is 0 Å². The average molecular weight is 388 g/mol. The van der Waals surface area contributed by atoms with Gasteiger partial charge in [0.05, 0.1) is 5.02 Å². The Morgan fingerprint density at radius 2 is 2.09 bits per heavy atom. The number of hydrogen-bond acceptors (Lipinski definition) is 3. The number of amides is 1. The first kappa shape index (κ1) is 16.1. The van der Waals surface area contributed by atoms with Crippen LogP contribution in [0.5, 0.6) is 5.75 Å². The molecule has 2 heterocycles. The molecule has 2 aliphatic heterocycles. The van der Waals surface area contributed by atoms with Crippen LogP contribution in [0.1, 0.15) is 25.7 Å². The molecule has 1 aromatic carbocycles. The summed E-state index contributed by atoms with van der Waals surface area (Å²) in [5.41, 5.74) is 0. The van der Waals surface area contributed by atoms with Crippen molar-refractivity contribution >= 4 is 33.4 Å². The number of fused-ring (bicyclic) bond motifs is 2. The van der Waals surface area contributed by atoms with E-state index in [1.54, 1.807) is 12.1 Å². The molecule has 3 rings (SSSR count). The fourth-order valence-electron chi connectivity index (χ4n) is 3.38. The lowest BCUT2D eigenvalue weighted by Crippen LogP contribution is -2.49. The molecule has 6 heteroatoms. The Balaban J connectivity index is 1.55. The van der Waals surface area contributed by atoms with Crippen molar-refractivity contribution in [3.8, 4) is 5.75 Å². The molecule has 0 saturated carbocycles. The van der Waals surface area contributed by atoms with Crippen LogP contribution in [0, 0.1) is 0 Å². The monoisotopic (exact) mass is 386 g/mol. The lowest BCUT2D eigenvalue weighted by Gasteiger charge is -2.35. The standard InChI is InChI=1S/C16H20BrClN2O2/c1-20(13-7-11-3-4-12(8-13)19-11)16(21)9-22-15-5-2-10(17)6-14(15)18/h2,5-6,11-13,19H,3-4,7-9H2,1H3. The van der Waals surface area contributed by atoms with Crippen molar-refractivity contribution in [3.05, 3.63) is 27.7 Å². The Kier molecular flexibility index (Phi) is 4.95. The van der Waals surface area contributed by atoms with Crippen LogP contribution in [0.3, 0.4) is 0 Å². The molecule has 2 atom stereocenters. The molecule has 1 amide bonds. The first-order valence-corrected chi connectivity index (χ1v) is 8.79. The second kappa shape index (κ2) is 6.77. The zero-order valence-corrected chi connectivity index (χ0v) is 14.9. The van der Waals surface area contributed by atoms with Gasteiger partial charge in [-0.05, 0) is 43.9 Å². The second-order valence-corrected chi connectivity index (χ2v) is 7.45. The van der Waals surface area contributed by atoms with Gasteiger partial charge in [0.25, 0.3) is 5.91 Å². The maximum atomic E-state index is 12.4. The molecule has 1 aromatic rings. The number of carbonyl (C=O) groups excluding carboxylic acids is 1. The smallest absolute Gasteiger partial charge is 0.260 e. The number of hydrogen-bond donors (Lipinski definition) is 1. The zero-order chi connectivity index (χ0) is 15.7. The molecule has 2 fully saturated rings. The predicted octanol–water partition coefficient (Wildman–Crippen LogP) is 3.22. The van der Waals surface area contributed by atoms with Crippen LogP contribution < -0.4 is 10.1 Å². The fourth-order valence-corrected chi connectivity index (χ4v) is 4.11. The average Bonchev–Trinajstić information content (AvgIpc) is 2.83. The summed E-state index contributed by atoms with van der Waals surface area (Å²) in [6.07, 6.45) is 4.54. The van der Waals surface area contributed by atoms with E-state index in [0.717, 1.165) is 17.3 Å². The van der Waals surface area contributed by atoms with Crippen LogP contribution in [0.4, 0.5) is 0 Å². The highest BCUT2D eigenvalue weighted by molar-refractivity contribution is 9.10. The van der Waals surface area contributed by atoms with Crippen molar-refractivity contribution in [1.29, 1.82) is 0 Å². The number of piperidine rings is 1. The van der Waals surface area contributed by atoms with Gasteiger partial charge >= 0.3 is 0 Å². The summed E-state index contributed by atoms with van der Waals surface area (Å²) in [4.78, 5) is 14.2. The zero-order valence-electron chi connectivity index (χ0n) is 12.5. The van der Waals surface area contributed by atoms with E-state index in [4.69, 9.17) is 16.3 Å². The lowest BCUT2D eigenvalue weighted by atomic mass is 9.98. The highest BCUT2D eigenvalue weighted by atomic mass is 79.9. The first-order valence-electron chi connectivity index (χ1n) is 7.62. The molecule has 120 valence electrons. The van der Waals surface area contributed by atoms with Gasteiger partial charge in [0.15, 0.2) is 6.61 Å². The second-order valence-electron chi connectivity index (χ2n) is 6.13. The van der Waals surface area contributed by atoms with Crippen LogP contribution in [0.15, 0.2) is 22.7 Å². The first-order chi connectivity index (χ1) is 10.5. The summed E-state index contributed by atoms with van der Waals surface area (Å²) in [6, 6.07) is 6.83. The SMILES string of the molecule is CN(C(=O)COc1ccc(Br)cc1Cl)C1CC2CCC(C1)N2. The Morgan fingerprint density at radius 1 is 1.41 bits per heavy atom. The molecule has 2 bridgehead atoms. The number of likely N-dealkylation sites (N-methyl/N-ethyl adjacent to an activating group) is 1. The Morgan fingerprint density at radius 3 is 2.73 bits per heavy atom. The highest BCUT2D eigenvalue weighted by Gasteiger charge is 2.36. The minimum Gasteiger partial charge on any atom is -0.482 e. The van der Waals surface area contributed by atoms with E-state index in [9.17, 15) is 4.79 Å². The molecule has 2 unspecified atom stereocenters. The molecule has 2 saturated heterocycles. The number of carbonyl (C=O) groups is 1. The molecule has 0 aliphatic carbocycles. The minimum absolute atomic E-state index is 0.00489. The van der Waals surface area contributed by atoms with Gasteiger partial charge < -0.3 is 15.0 Å². The van der Waals surface area contributed by atoms with E-state index in [0.29, 0.717) is 28.9 Å². The molecule has 2 aliphatic rings. The van der Waals surface area contributed by atoms with Crippen LogP contribution in [-0.4, -0.2) is 42.6 Å². The van der Waals surface area contributed by atoms with Crippen LogP contribution in [-0.2, 0) is 4.79 Å². The molecular formula is C16H20BrClN2O2. The third-order valence-electron chi connectivity index (χ3n) is 4.63. The molecule has 0 spiro atoms. The number of halogens is 2. The summed E-state index contributed by atoms with van der Waals surface area (Å²) in [6.45, 7) is 0.0249. The van der Waals surface area contributed by atoms with Crippen molar-refractivity contribution in [3.63, 3.8) is 0 Å². The molecule has 0 radical (unpaired) electrons. The Hall–Kier alpha value is -0.780. The van der Waals surface area contributed by atoms with Gasteiger partial charge in [-0.25, -0.2) is 0 Å². The Bertz CT molecular complexity index is 557. The third kappa shape index (κ3) is 3.58. The number of nitrogens with one attached hydrogen (secondary N) is 1. The highest BCUT2D eigenvalue weighted by Crippen LogP contribution is 2.30. The maximum Gasteiger partial charge on any atom is 0.260 e. The van der Waals surface area contributed by atoms with E-state index in [-0.39, 0.29) is 12.5 Å². The van der Waals surface area contributed by atoms with Crippen molar-refractivity contribution < 1.29 is 9.53 Å². The van der Waals surface area contributed by atoms with Crippen molar-refractivity contribution in [1.82, 2.24) is 10.2 Å². The van der Waals surface area contributed by atoms with Gasteiger partial charge in [0, 0.05) is 29.6 Å². The van der Waals surface area contributed by atoms with Crippen molar-refractivity contribution in [2.45, 2.75) is 43.8 Å². The summed E-state index contributed by atoms with van der Waals surface area (Å²) >= 11 is 9.45. The largest absolute Gasteiger partial charge is 0.482 e. The summed E-state index contributed by atoms with van der Waals surface area (Å²) < 4.78 is 6.46. The minimum atomic E-state index is 0.00489. The van der Waals surface area contributed by atoms with E-state index in [1.165, 1.54) is 12.8 Å². The maximum absolute atomic E-state index is 12.4. The van der Waals surface area contributed by atoms with Crippen molar-refractivity contribution in [2.24, 2.45) is 0 Å². The Labute approximate surface area is 144 Å². The van der Waals surface area contributed by atoms with Crippen LogP contribution >= 0.6 is 27.5 Å². The van der Waals surface area contributed by atoms with Crippen molar-refractivity contribution in [2.75, 3.05) is 13.7 Å². The molecule has 22 heavy (non-hydrogen) atoms. The number of benzene rings is 1. The van der Waals surface area contributed by atoms with Gasteiger partial charge in [-0.1, -0.05) is 27.5 Å². The fraction of sp³-hybridized carbons (Fsp3) is 0.562. The number of rotatable bonds is 4. The predicted molar refractivity (Wildman–Crippen MR) is 90.4 cm³/mol. The van der Waals surface area contributed by atoms with Crippen LogP contribution in [0.25, 0.3) is 0 Å². The normalized spacial score (nSPS) is 26.8. The van der Waals surface area contributed by atoms with Crippen LogP contribution in [0.2, 0.25) is 5.02 Å². The number of nitrogens with zero attached hydrogens (tertiary/aromatic N) is 1. The van der Waals surface area contributed by atoms with Gasteiger partial charge in [0.2, 0.25) is 0 Å². The topological polar surface area (TPSA) is 41.6 Å². The summed E-state index contributed by atoms with van der Waals surface area (Å²) in [5.74, 6) is 0.544. The van der Waals surface area contributed by atoms with Gasteiger partial charge in [-0.2, -0.15) is 0 Å².